The maximum atomic E-state index is 12.4. The van der Waals surface area contributed by atoms with Gasteiger partial charge in [-0.1, -0.05) is 23.7 Å². The lowest BCUT2D eigenvalue weighted by Crippen LogP contribution is -2.16. The van der Waals surface area contributed by atoms with E-state index in [1.807, 2.05) is 31.2 Å². The number of halogens is 1. The van der Waals surface area contributed by atoms with E-state index < -0.39 is 0 Å². The smallest absolute Gasteiger partial charge is 0.235 e. The molecule has 1 amide bonds. The van der Waals surface area contributed by atoms with Gasteiger partial charge in [-0.15, -0.1) is 11.8 Å². The Morgan fingerprint density at radius 1 is 1.29 bits per heavy atom. The monoisotopic (exact) mass is 411 g/mol. The van der Waals surface area contributed by atoms with Crippen LogP contribution in [0.4, 0.5) is 5.82 Å². The van der Waals surface area contributed by atoms with Crippen molar-refractivity contribution >= 4 is 46.3 Å². The number of H-pyrrole nitrogens is 1. The number of carbonyl (C=O) groups excluding carboxylic acids is 1. The average molecular weight is 412 g/mol. The van der Waals surface area contributed by atoms with Gasteiger partial charge < -0.3 is 10.3 Å². The molecule has 0 bridgehead atoms. The summed E-state index contributed by atoms with van der Waals surface area (Å²) < 4.78 is 1.65. The Morgan fingerprint density at radius 2 is 2.18 bits per heavy atom. The van der Waals surface area contributed by atoms with Gasteiger partial charge in [0.15, 0.2) is 11.5 Å². The summed E-state index contributed by atoms with van der Waals surface area (Å²) in [6.45, 7) is 1.93. The summed E-state index contributed by atoms with van der Waals surface area (Å²) in [4.78, 5) is 28.2. The zero-order valence-electron chi connectivity index (χ0n) is 14.7. The van der Waals surface area contributed by atoms with E-state index >= 15 is 0 Å². The molecule has 3 aromatic heterocycles. The van der Waals surface area contributed by atoms with Gasteiger partial charge in [0, 0.05) is 10.6 Å². The van der Waals surface area contributed by atoms with Gasteiger partial charge in [0.05, 0.1) is 23.0 Å². The first-order valence-corrected chi connectivity index (χ1v) is 9.95. The van der Waals surface area contributed by atoms with E-state index in [2.05, 4.69) is 30.4 Å². The summed E-state index contributed by atoms with van der Waals surface area (Å²) in [5.74, 6) is 1.37. The van der Waals surface area contributed by atoms with Crippen LogP contribution in [0, 0.1) is 6.92 Å². The van der Waals surface area contributed by atoms with Crippen LogP contribution in [0.15, 0.2) is 36.9 Å². The molecule has 0 saturated carbocycles. The summed E-state index contributed by atoms with van der Waals surface area (Å²) in [6, 6.07) is 7.68. The fraction of sp³-hybridized carbons (Fsp3) is 0.167. The van der Waals surface area contributed by atoms with Crippen LogP contribution in [-0.4, -0.2) is 41.4 Å². The molecule has 0 fully saturated rings. The highest BCUT2D eigenvalue weighted by molar-refractivity contribution is 8.00. The molecule has 0 saturated heterocycles. The minimum atomic E-state index is -0.0909. The van der Waals surface area contributed by atoms with E-state index in [4.69, 9.17) is 11.6 Å². The van der Waals surface area contributed by atoms with E-state index in [1.54, 1.807) is 22.8 Å². The van der Waals surface area contributed by atoms with Crippen molar-refractivity contribution in [3.8, 4) is 5.82 Å². The Labute approximate surface area is 168 Å². The maximum absolute atomic E-state index is 12.4. The van der Waals surface area contributed by atoms with Gasteiger partial charge >= 0.3 is 0 Å². The Bertz CT molecular complexity index is 1220. The fourth-order valence-corrected chi connectivity index (χ4v) is 4.76. The molecule has 1 unspecified atom stereocenters. The predicted octanol–water partition coefficient (Wildman–Crippen LogP) is 3.28. The molecule has 5 rings (SSSR count). The van der Waals surface area contributed by atoms with Crippen LogP contribution in [0.25, 0.3) is 17.0 Å². The van der Waals surface area contributed by atoms with Crippen molar-refractivity contribution in [3.05, 3.63) is 58.8 Å². The molecule has 28 heavy (non-hydrogen) atoms. The highest BCUT2D eigenvalue weighted by Crippen LogP contribution is 2.44. The summed E-state index contributed by atoms with van der Waals surface area (Å²) >= 11 is 7.76. The Balaban J connectivity index is 1.74. The van der Waals surface area contributed by atoms with Crippen molar-refractivity contribution in [1.82, 2.24) is 29.7 Å². The summed E-state index contributed by atoms with van der Waals surface area (Å²) in [6.07, 6.45) is 2.99. The SMILES string of the molecule is Cc1nn(-c2ncnc3nc[nH]c23)c2c1C(c1cccc(Cl)c1)SCC(=O)N2. The number of nitrogens with zero attached hydrogens (tertiary/aromatic N) is 5. The number of anilines is 1. The second-order valence-electron chi connectivity index (χ2n) is 6.35. The number of rotatable bonds is 2. The number of amides is 1. The van der Waals surface area contributed by atoms with Crippen LogP contribution < -0.4 is 5.32 Å². The van der Waals surface area contributed by atoms with Crippen molar-refractivity contribution < 1.29 is 4.79 Å². The zero-order valence-corrected chi connectivity index (χ0v) is 16.3. The minimum Gasteiger partial charge on any atom is -0.340 e. The van der Waals surface area contributed by atoms with E-state index in [1.165, 1.54) is 6.33 Å². The number of thioether (sulfide) groups is 1. The van der Waals surface area contributed by atoms with Gasteiger partial charge in [-0.25, -0.2) is 15.0 Å². The molecule has 1 aromatic carbocycles. The standard InChI is InChI=1S/C18H14ClN7OS/c1-9-13-15(10-3-2-4-11(19)5-10)28-6-12(27)24-17(13)26(25-9)18-14-16(21-7-20-14)22-8-23-18/h2-5,7-8,15H,6H2,1H3,(H,24,27)(H,20,21,22,23). The molecule has 0 aliphatic carbocycles. The molecular weight excluding hydrogens is 398 g/mol. The Morgan fingerprint density at radius 3 is 3.04 bits per heavy atom. The van der Waals surface area contributed by atoms with Crippen LogP contribution in [0.2, 0.25) is 5.02 Å². The number of aromatic amines is 1. The van der Waals surface area contributed by atoms with Crippen molar-refractivity contribution in [3.63, 3.8) is 0 Å². The largest absolute Gasteiger partial charge is 0.340 e. The molecular formula is C18H14ClN7OS. The third-order valence-corrected chi connectivity index (χ3v) is 6.07. The molecule has 4 aromatic rings. The minimum absolute atomic E-state index is 0.0829. The first-order chi connectivity index (χ1) is 13.6. The molecule has 2 N–H and O–H groups in total. The highest BCUT2D eigenvalue weighted by Gasteiger charge is 2.31. The third-order valence-electron chi connectivity index (χ3n) is 4.56. The number of carbonyl (C=O) groups is 1. The third kappa shape index (κ3) is 2.74. The first-order valence-electron chi connectivity index (χ1n) is 8.52. The highest BCUT2D eigenvalue weighted by atomic mass is 35.5. The van der Waals surface area contributed by atoms with Crippen LogP contribution in [0.3, 0.4) is 0 Å². The Kier molecular flexibility index (Phi) is 4.06. The van der Waals surface area contributed by atoms with Gasteiger partial charge in [0.1, 0.15) is 17.7 Å². The lowest BCUT2D eigenvalue weighted by atomic mass is 10.0. The quantitative estimate of drug-likeness (QED) is 0.525. The summed E-state index contributed by atoms with van der Waals surface area (Å²) in [5.41, 5.74) is 3.95. The van der Waals surface area contributed by atoms with Crippen molar-refractivity contribution in [2.75, 3.05) is 11.1 Å². The molecule has 1 aliphatic rings. The summed E-state index contributed by atoms with van der Waals surface area (Å²) in [5, 5.41) is 8.25. The van der Waals surface area contributed by atoms with E-state index in [0.717, 1.165) is 16.8 Å². The fourth-order valence-electron chi connectivity index (χ4n) is 3.38. The molecule has 4 heterocycles. The average Bonchev–Trinajstić information content (AvgIpc) is 3.23. The molecule has 8 nitrogen and oxygen atoms in total. The topological polar surface area (TPSA) is 101 Å². The number of fused-ring (bicyclic) bond motifs is 2. The lowest BCUT2D eigenvalue weighted by Gasteiger charge is -2.15. The molecule has 0 radical (unpaired) electrons. The molecule has 0 spiro atoms. The zero-order chi connectivity index (χ0) is 19.3. The van der Waals surface area contributed by atoms with E-state index in [-0.39, 0.29) is 11.2 Å². The summed E-state index contributed by atoms with van der Waals surface area (Å²) in [7, 11) is 0. The molecule has 1 atom stereocenters. The van der Waals surface area contributed by atoms with Crippen LogP contribution in [0.5, 0.6) is 0 Å². The van der Waals surface area contributed by atoms with Gasteiger partial charge in [-0.05, 0) is 24.6 Å². The Hall–Kier alpha value is -2.91. The van der Waals surface area contributed by atoms with Gasteiger partial charge in [0.25, 0.3) is 0 Å². The number of imidazole rings is 1. The predicted molar refractivity (Wildman–Crippen MR) is 108 cm³/mol. The van der Waals surface area contributed by atoms with Crippen molar-refractivity contribution in [2.45, 2.75) is 12.2 Å². The van der Waals surface area contributed by atoms with Crippen LogP contribution >= 0.6 is 23.4 Å². The van der Waals surface area contributed by atoms with Crippen molar-refractivity contribution in [2.24, 2.45) is 0 Å². The number of hydrogen-bond donors (Lipinski definition) is 2. The van der Waals surface area contributed by atoms with Crippen LogP contribution in [0.1, 0.15) is 22.1 Å². The number of benzene rings is 1. The van der Waals surface area contributed by atoms with Gasteiger partial charge in [0.2, 0.25) is 5.91 Å². The molecule has 140 valence electrons. The number of aromatic nitrogens is 6. The number of hydrogen-bond acceptors (Lipinski definition) is 6. The van der Waals surface area contributed by atoms with Gasteiger partial charge in [-0.2, -0.15) is 9.78 Å². The second kappa shape index (κ2) is 6.61. The van der Waals surface area contributed by atoms with Crippen molar-refractivity contribution in [1.29, 1.82) is 0 Å². The number of aryl methyl sites for hydroxylation is 1. The second-order valence-corrected chi connectivity index (χ2v) is 7.88. The molecule has 1 aliphatic heterocycles. The first kappa shape index (κ1) is 17.2. The number of nitrogens with one attached hydrogen (secondary N) is 2. The van der Waals surface area contributed by atoms with Gasteiger partial charge in [-0.3, -0.25) is 4.79 Å². The van der Waals surface area contributed by atoms with E-state index in [9.17, 15) is 4.79 Å². The lowest BCUT2D eigenvalue weighted by molar-refractivity contribution is -0.113. The van der Waals surface area contributed by atoms with E-state index in [0.29, 0.717) is 33.6 Å². The maximum Gasteiger partial charge on any atom is 0.235 e. The van der Waals surface area contributed by atoms with Crippen LogP contribution in [-0.2, 0) is 4.79 Å². The normalized spacial score (nSPS) is 16.6. The molecule has 10 heteroatoms.